The number of nitrogens with zero attached hydrogens (tertiary/aromatic N) is 3. The Kier molecular flexibility index (Phi) is 8.79. The van der Waals surface area contributed by atoms with Crippen LogP contribution in [0.3, 0.4) is 0 Å². The van der Waals surface area contributed by atoms with Crippen LogP contribution in [0.25, 0.3) is 6.08 Å². The Bertz CT molecular complexity index is 1250. The number of rotatable bonds is 8. The molecule has 37 heavy (non-hydrogen) atoms. The summed E-state index contributed by atoms with van der Waals surface area (Å²) in [6, 6.07) is 26.8. The number of ether oxygens (including phenoxy) is 1. The van der Waals surface area contributed by atoms with Crippen molar-refractivity contribution in [3.8, 4) is 0 Å². The highest BCUT2D eigenvalue weighted by Crippen LogP contribution is 2.35. The number of morpholine rings is 1. The minimum atomic E-state index is 0.0276. The lowest BCUT2D eigenvalue weighted by atomic mass is 10.2. The number of aliphatic imine (C=N–C) groups is 1. The molecule has 2 saturated heterocycles. The molecule has 0 spiro atoms. The maximum absolute atomic E-state index is 13.4. The Hall–Kier alpha value is -2.84. The topological polar surface area (TPSA) is 45.1 Å². The monoisotopic (exact) mass is 529 g/mol. The van der Waals surface area contributed by atoms with Crippen molar-refractivity contribution in [2.45, 2.75) is 23.1 Å². The Labute approximate surface area is 227 Å². The second-order valence-electron chi connectivity index (χ2n) is 9.09. The highest BCUT2D eigenvalue weighted by molar-refractivity contribution is 8.18. The molecule has 0 unspecified atom stereocenters. The van der Waals surface area contributed by atoms with Gasteiger partial charge in [-0.15, -0.1) is 0 Å². The molecule has 0 N–H and O–H groups in total. The van der Waals surface area contributed by atoms with Crippen molar-refractivity contribution in [2.24, 2.45) is 4.99 Å². The average Bonchev–Trinajstić information content (AvgIpc) is 3.21. The summed E-state index contributed by atoms with van der Waals surface area (Å²) in [4.78, 5) is 25.6. The molecule has 3 aromatic rings. The largest absolute Gasteiger partial charge is 0.379 e. The molecule has 2 aliphatic rings. The van der Waals surface area contributed by atoms with Gasteiger partial charge >= 0.3 is 0 Å². The normalized spacial score (nSPS) is 18.7. The zero-order chi connectivity index (χ0) is 25.5. The molecule has 2 aliphatic heterocycles. The van der Waals surface area contributed by atoms with Crippen LogP contribution in [0, 0.1) is 6.92 Å². The van der Waals surface area contributed by atoms with Crippen molar-refractivity contribution in [1.82, 2.24) is 9.80 Å². The number of para-hydroxylation sites is 1. The van der Waals surface area contributed by atoms with Gasteiger partial charge in [0.2, 0.25) is 0 Å². The summed E-state index contributed by atoms with van der Waals surface area (Å²) in [6.07, 6.45) is 2.88. The lowest BCUT2D eigenvalue weighted by Crippen LogP contribution is -2.38. The van der Waals surface area contributed by atoms with E-state index in [0.29, 0.717) is 11.4 Å². The lowest BCUT2D eigenvalue weighted by molar-refractivity contribution is -0.122. The highest BCUT2D eigenvalue weighted by Gasteiger charge is 2.33. The Morgan fingerprint density at radius 1 is 0.919 bits per heavy atom. The first kappa shape index (κ1) is 25.8. The molecule has 0 radical (unpaired) electrons. The molecule has 5 rings (SSSR count). The molecule has 3 aromatic carbocycles. The van der Waals surface area contributed by atoms with Crippen molar-refractivity contribution in [3.05, 3.63) is 94.9 Å². The number of carbonyl (C=O) groups excluding carboxylic acids is 1. The first-order valence-electron chi connectivity index (χ1n) is 12.6. The zero-order valence-corrected chi connectivity index (χ0v) is 22.6. The minimum absolute atomic E-state index is 0.0276. The van der Waals surface area contributed by atoms with Gasteiger partial charge < -0.3 is 4.74 Å². The van der Waals surface area contributed by atoms with Crippen LogP contribution in [0.4, 0.5) is 5.69 Å². The number of hydrogen-bond donors (Lipinski definition) is 0. The molecular weight excluding hydrogens is 498 g/mol. The summed E-state index contributed by atoms with van der Waals surface area (Å²) in [6.45, 7) is 7.19. The van der Waals surface area contributed by atoms with E-state index in [-0.39, 0.29) is 5.91 Å². The average molecular weight is 530 g/mol. The quantitative estimate of drug-likeness (QED) is 0.313. The Balaban J connectivity index is 1.29. The summed E-state index contributed by atoms with van der Waals surface area (Å²) < 4.78 is 5.45. The van der Waals surface area contributed by atoms with Crippen molar-refractivity contribution in [2.75, 3.05) is 39.4 Å². The third-order valence-electron chi connectivity index (χ3n) is 6.26. The number of aryl methyl sites for hydroxylation is 1. The van der Waals surface area contributed by atoms with Crippen LogP contribution >= 0.6 is 23.5 Å². The molecule has 1 amide bonds. The molecule has 0 aliphatic carbocycles. The first-order valence-corrected chi connectivity index (χ1v) is 14.3. The summed E-state index contributed by atoms with van der Waals surface area (Å²) in [5.74, 6) is 0.0276. The van der Waals surface area contributed by atoms with E-state index in [1.165, 1.54) is 27.1 Å². The SMILES string of the molecule is Cc1ccc(Sc2ccc(/C=C3\SC(=Nc4ccccc4)N(CCCN4CCOCC4)C3=O)cc2)cc1. The molecule has 0 aromatic heterocycles. The van der Waals surface area contributed by atoms with E-state index in [0.717, 1.165) is 55.7 Å². The van der Waals surface area contributed by atoms with Gasteiger partial charge in [0, 0.05) is 36.0 Å². The molecule has 190 valence electrons. The highest BCUT2D eigenvalue weighted by atomic mass is 32.2. The molecule has 0 saturated carbocycles. The predicted molar refractivity (Wildman–Crippen MR) is 154 cm³/mol. The summed E-state index contributed by atoms with van der Waals surface area (Å²) in [5.41, 5.74) is 3.13. The second kappa shape index (κ2) is 12.6. The van der Waals surface area contributed by atoms with Crippen molar-refractivity contribution in [1.29, 1.82) is 0 Å². The number of hydrogen-bond acceptors (Lipinski definition) is 6. The molecule has 0 atom stereocenters. The van der Waals surface area contributed by atoms with Gasteiger partial charge in [0.1, 0.15) is 0 Å². The summed E-state index contributed by atoms with van der Waals surface area (Å²) >= 11 is 3.20. The van der Waals surface area contributed by atoms with E-state index in [1.807, 2.05) is 41.3 Å². The Morgan fingerprint density at radius 2 is 1.59 bits per heavy atom. The molecule has 5 nitrogen and oxygen atoms in total. The van der Waals surface area contributed by atoms with Gasteiger partial charge in [-0.25, -0.2) is 4.99 Å². The van der Waals surface area contributed by atoms with E-state index in [9.17, 15) is 4.79 Å². The number of amides is 1. The van der Waals surface area contributed by atoms with Crippen LogP contribution in [0.15, 0.2) is 98.6 Å². The van der Waals surface area contributed by atoms with Crippen molar-refractivity contribution < 1.29 is 9.53 Å². The molecule has 2 fully saturated rings. The Morgan fingerprint density at radius 3 is 2.30 bits per heavy atom. The molecular formula is C30H31N3O2S2. The van der Waals surface area contributed by atoms with Crippen LogP contribution in [0.2, 0.25) is 0 Å². The van der Waals surface area contributed by atoms with Gasteiger partial charge in [-0.05, 0) is 73.1 Å². The number of thioether (sulfide) groups is 1. The maximum atomic E-state index is 13.4. The fraction of sp³-hybridized carbons (Fsp3) is 0.267. The van der Waals surface area contributed by atoms with E-state index in [1.54, 1.807) is 11.8 Å². The zero-order valence-electron chi connectivity index (χ0n) is 21.0. The molecule has 7 heteroatoms. The van der Waals surface area contributed by atoms with E-state index in [4.69, 9.17) is 9.73 Å². The maximum Gasteiger partial charge on any atom is 0.266 e. The van der Waals surface area contributed by atoms with Gasteiger partial charge in [-0.2, -0.15) is 0 Å². The van der Waals surface area contributed by atoms with Gasteiger partial charge in [-0.3, -0.25) is 14.6 Å². The fourth-order valence-electron chi connectivity index (χ4n) is 4.20. The summed E-state index contributed by atoms with van der Waals surface area (Å²) in [5, 5.41) is 0.746. The van der Waals surface area contributed by atoms with Crippen LogP contribution in [0.5, 0.6) is 0 Å². The van der Waals surface area contributed by atoms with E-state index in [2.05, 4.69) is 60.4 Å². The fourth-order valence-corrected chi connectivity index (χ4v) is 6.05. The van der Waals surface area contributed by atoms with Crippen molar-refractivity contribution in [3.63, 3.8) is 0 Å². The van der Waals surface area contributed by atoms with Crippen molar-refractivity contribution >= 4 is 46.4 Å². The third-order valence-corrected chi connectivity index (χ3v) is 8.29. The number of carbonyl (C=O) groups is 1. The first-order chi connectivity index (χ1) is 18.1. The molecule has 0 bridgehead atoms. The standard InChI is InChI=1S/C30H31N3O2S2/c1-23-8-12-26(13-9-23)36-27-14-10-24(11-15-27)22-28-29(34)33(17-5-16-32-18-20-35-21-19-32)30(37-28)31-25-6-3-2-4-7-25/h2-4,6-15,22H,5,16-21H2,1H3/b28-22-,31-30?. The predicted octanol–water partition coefficient (Wildman–Crippen LogP) is 6.47. The van der Waals surface area contributed by atoms with E-state index >= 15 is 0 Å². The smallest absolute Gasteiger partial charge is 0.266 e. The second-order valence-corrected chi connectivity index (χ2v) is 11.2. The summed E-state index contributed by atoms with van der Waals surface area (Å²) in [7, 11) is 0. The number of benzene rings is 3. The number of amidine groups is 1. The third kappa shape index (κ3) is 7.14. The van der Waals surface area contributed by atoms with Gasteiger partial charge in [0.25, 0.3) is 5.91 Å². The van der Waals surface area contributed by atoms with Gasteiger partial charge in [0.15, 0.2) is 5.17 Å². The molecule has 2 heterocycles. The van der Waals surface area contributed by atoms with Crippen LogP contribution < -0.4 is 0 Å². The lowest BCUT2D eigenvalue weighted by Gasteiger charge is -2.27. The van der Waals surface area contributed by atoms with Crippen LogP contribution in [0.1, 0.15) is 17.5 Å². The van der Waals surface area contributed by atoms with Gasteiger partial charge in [0.05, 0.1) is 23.8 Å². The minimum Gasteiger partial charge on any atom is -0.379 e. The van der Waals surface area contributed by atoms with Crippen LogP contribution in [-0.2, 0) is 9.53 Å². The van der Waals surface area contributed by atoms with Gasteiger partial charge in [-0.1, -0.05) is 59.8 Å². The van der Waals surface area contributed by atoms with Crippen LogP contribution in [-0.4, -0.2) is 60.3 Å². The van der Waals surface area contributed by atoms with E-state index < -0.39 is 0 Å².